The molecular formula is C10H20N2O3. The van der Waals surface area contributed by atoms with Crippen LogP contribution in [0.5, 0.6) is 0 Å². The maximum Gasteiger partial charge on any atom is 0.325 e. The van der Waals surface area contributed by atoms with Crippen molar-refractivity contribution < 1.29 is 14.7 Å². The highest BCUT2D eigenvalue weighted by atomic mass is 16.4. The number of amides is 2. The van der Waals surface area contributed by atoms with Crippen LogP contribution in [0.1, 0.15) is 33.6 Å². The molecule has 0 heterocycles. The number of aliphatic carboxylic acids is 1. The largest absolute Gasteiger partial charge is 0.480 e. The Bertz CT molecular complexity index is 219. The Morgan fingerprint density at radius 3 is 2.40 bits per heavy atom. The van der Waals surface area contributed by atoms with Gasteiger partial charge in [0.05, 0.1) is 0 Å². The van der Waals surface area contributed by atoms with Gasteiger partial charge in [-0.2, -0.15) is 0 Å². The Balaban J connectivity index is 4.09. The van der Waals surface area contributed by atoms with Crippen LogP contribution in [-0.2, 0) is 4.79 Å². The third kappa shape index (κ3) is 5.24. The molecule has 15 heavy (non-hydrogen) atoms. The molecule has 5 heteroatoms. The molecule has 0 spiro atoms. The highest BCUT2D eigenvalue weighted by Gasteiger charge is 2.17. The van der Waals surface area contributed by atoms with Crippen LogP contribution in [0.4, 0.5) is 4.79 Å². The molecule has 0 aliphatic rings. The number of nitrogens with zero attached hydrogens (tertiary/aromatic N) is 1. The molecule has 0 rings (SSSR count). The summed E-state index contributed by atoms with van der Waals surface area (Å²) in [5, 5.41) is 11.1. The predicted octanol–water partition coefficient (Wildman–Crippen LogP) is 1.29. The molecule has 0 bridgehead atoms. The molecule has 0 radical (unpaired) electrons. The number of urea groups is 1. The van der Waals surface area contributed by atoms with Gasteiger partial charge < -0.3 is 15.3 Å². The van der Waals surface area contributed by atoms with Gasteiger partial charge in [0.2, 0.25) is 0 Å². The van der Waals surface area contributed by atoms with E-state index in [4.69, 9.17) is 5.11 Å². The standard InChI is InChI=1S/C10H20N2O3/c1-4-6-7-12(5-2)10(15)11-8(3)9(13)14/h8H,4-7H2,1-3H3,(H,11,15)(H,13,14)/t8-/m1/s1. The van der Waals surface area contributed by atoms with E-state index in [1.54, 1.807) is 4.90 Å². The summed E-state index contributed by atoms with van der Waals surface area (Å²) in [5.74, 6) is -1.02. The molecule has 0 saturated carbocycles. The molecule has 0 unspecified atom stereocenters. The summed E-state index contributed by atoms with van der Waals surface area (Å²) >= 11 is 0. The molecule has 0 aromatic heterocycles. The van der Waals surface area contributed by atoms with Gasteiger partial charge in [-0.05, 0) is 20.3 Å². The van der Waals surface area contributed by atoms with E-state index in [2.05, 4.69) is 5.32 Å². The summed E-state index contributed by atoms with van der Waals surface area (Å²) in [6.45, 7) is 6.64. The second kappa shape index (κ2) is 7.09. The molecule has 0 aromatic rings. The van der Waals surface area contributed by atoms with Gasteiger partial charge in [-0.25, -0.2) is 4.79 Å². The fourth-order valence-corrected chi connectivity index (χ4v) is 1.09. The number of carbonyl (C=O) groups excluding carboxylic acids is 1. The number of hydrogen-bond donors (Lipinski definition) is 2. The quantitative estimate of drug-likeness (QED) is 0.703. The van der Waals surface area contributed by atoms with Gasteiger partial charge in [-0.3, -0.25) is 4.79 Å². The van der Waals surface area contributed by atoms with Gasteiger partial charge >= 0.3 is 12.0 Å². The van der Waals surface area contributed by atoms with Crippen LogP contribution in [-0.4, -0.2) is 41.1 Å². The van der Waals surface area contributed by atoms with Crippen molar-refractivity contribution in [1.82, 2.24) is 10.2 Å². The third-order valence-corrected chi connectivity index (χ3v) is 2.16. The molecule has 0 fully saturated rings. The molecule has 1 atom stereocenters. The maximum absolute atomic E-state index is 11.5. The lowest BCUT2D eigenvalue weighted by Crippen LogP contribution is -2.46. The summed E-state index contributed by atoms with van der Waals surface area (Å²) in [4.78, 5) is 23.7. The van der Waals surface area contributed by atoms with Crippen molar-refractivity contribution in [3.8, 4) is 0 Å². The SMILES string of the molecule is CCCCN(CC)C(=O)N[C@H](C)C(=O)O. The minimum absolute atomic E-state index is 0.305. The van der Waals surface area contributed by atoms with E-state index in [9.17, 15) is 9.59 Å². The molecule has 5 nitrogen and oxygen atoms in total. The lowest BCUT2D eigenvalue weighted by Gasteiger charge is -2.22. The van der Waals surface area contributed by atoms with Gasteiger partial charge in [-0.1, -0.05) is 13.3 Å². The monoisotopic (exact) mass is 216 g/mol. The Labute approximate surface area is 90.5 Å². The molecule has 0 saturated heterocycles. The van der Waals surface area contributed by atoms with E-state index in [0.717, 1.165) is 12.8 Å². The first-order valence-corrected chi connectivity index (χ1v) is 5.31. The zero-order valence-electron chi connectivity index (χ0n) is 9.62. The van der Waals surface area contributed by atoms with E-state index < -0.39 is 12.0 Å². The number of nitrogens with one attached hydrogen (secondary N) is 1. The van der Waals surface area contributed by atoms with Crippen molar-refractivity contribution in [3.63, 3.8) is 0 Å². The number of unbranched alkanes of at least 4 members (excludes halogenated alkanes) is 1. The highest BCUT2D eigenvalue weighted by molar-refractivity contribution is 5.82. The fourth-order valence-electron chi connectivity index (χ4n) is 1.09. The van der Waals surface area contributed by atoms with E-state index in [1.165, 1.54) is 6.92 Å². The number of carboxylic acid groups (broad SMARTS) is 1. The Morgan fingerprint density at radius 2 is 2.00 bits per heavy atom. The fraction of sp³-hybridized carbons (Fsp3) is 0.800. The first kappa shape index (κ1) is 13.7. The molecule has 0 aliphatic heterocycles. The van der Waals surface area contributed by atoms with Crippen molar-refractivity contribution in [1.29, 1.82) is 0 Å². The van der Waals surface area contributed by atoms with Crippen LogP contribution in [0.15, 0.2) is 0 Å². The van der Waals surface area contributed by atoms with Gasteiger partial charge in [0, 0.05) is 13.1 Å². The zero-order chi connectivity index (χ0) is 11.8. The van der Waals surface area contributed by atoms with E-state index in [1.807, 2.05) is 13.8 Å². The minimum Gasteiger partial charge on any atom is -0.480 e. The Kier molecular flexibility index (Phi) is 6.49. The normalized spacial score (nSPS) is 11.9. The summed E-state index contributed by atoms with van der Waals surface area (Å²) < 4.78 is 0. The lowest BCUT2D eigenvalue weighted by molar-refractivity contribution is -0.138. The second-order valence-corrected chi connectivity index (χ2v) is 3.44. The van der Waals surface area contributed by atoms with Gasteiger partial charge in [0.15, 0.2) is 0 Å². The Morgan fingerprint density at radius 1 is 1.40 bits per heavy atom. The van der Waals surface area contributed by atoms with Crippen molar-refractivity contribution in [2.75, 3.05) is 13.1 Å². The summed E-state index contributed by atoms with van der Waals surface area (Å²) in [7, 11) is 0. The first-order chi connectivity index (χ1) is 7.02. The highest BCUT2D eigenvalue weighted by Crippen LogP contribution is 1.96. The maximum atomic E-state index is 11.5. The van der Waals surface area contributed by atoms with Crippen LogP contribution in [0.25, 0.3) is 0 Å². The average molecular weight is 216 g/mol. The number of hydrogen-bond acceptors (Lipinski definition) is 2. The molecule has 2 amide bonds. The smallest absolute Gasteiger partial charge is 0.325 e. The Hall–Kier alpha value is -1.26. The minimum atomic E-state index is -1.02. The third-order valence-electron chi connectivity index (χ3n) is 2.16. The van der Waals surface area contributed by atoms with Crippen molar-refractivity contribution in [2.45, 2.75) is 39.7 Å². The lowest BCUT2D eigenvalue weighted by atomic mass is 10.3. The second-order valence-electron chi connectivity index (χ2n) is 3.44. The summed E-state index contributed by atoms with van der Waals surface area (Å²) in [5.41, 5.74) is 0. The van der Waals surface area contributed by atoms with Gasteiger partial charge in [0.1, 0.15) is 6.04 Å². The number of rotatable bonds is 6. The van der Waals surface area contributed by atoms with Crippen LogP contribution in [0.2, 0.25) is 0 Å². The molecule has 0 aliphatic carbocycles. The van der Waals surface area contributed by atoms with E-state index in [0.29, 0.717) is 13.1 Å². The molecular weight excluding hydrogens is 196 g/mol. The summed E-state index contributed by atoms with van der Waals surface area (Å²) in [6, 6.07) is -1.14. The van der Waals surface area contributed by atoms with Crippen molar-refractivity contribution in [2.24, 2.45) is 0 Å². The summed E-state index contributed by atoms with van der Waals surface area (Å²) in [6.07, 6.45) is 1.95. The van der Waals surface area contributed by atoms with E-state index in [-0.39, 0.29) is 6.03 Å². The first-order valence-electron chi connectivity index (χ1n) is 5.31. The molecule has 0 aromatic carbocycles. The van der Waals surface area contributed by atoms with Crippen LogP contribution in [0.3, 0.4) is 0 Å². The van der Waals surface area contributed by atoms with Crippen molar-refractivity contribution in [3.05, 3.63) is 0 Å². The molecule has 2 N–H and O–H groups in total. The van der Waals surface area contributed by atoms with E-state index >= 15 is 0 Å². The number of carbonyl (C=O) groups is 2. The van der Waals surface area contributed by atoms with Gasteiger partial charge in [0.25, 0.3) is 0 Å². The van der Waals surface area contributed by atoms with Gasteiger partial charge in [-0.15, -0.1) is 0 Å². The predicted molar refractivity (Wildman–Crippen MR) is 57.8 cm³/mol. The van der Waals surface area contributed by atoms with Crippen LogP contribution in [0, 0.1) is 0 Å². The number of carboxylic acids is 1. The molecule has 88 valence electrons. The average Bonchev–Trinajstić information content (AvgIpc) is 2.18. The van der Waals surface area contributed by atoms with Crippen LogP contribution >= 0.6 is 0 Å². The van der Waals surface area contributed by atoms with Crippen LogP contribution < -0.4 is 5.32 Å². The topological polar surface area (TPSA) is 69.6 Å². The zero-order valence-corrected chi connectivity index (χ0v) is 9.62. The van der Waals surface area contributed by atoms with Crippen molar-refractivity contribution >= 4 is 12.0 Å².